The van der Waals surface area contributed by atoms with Crippen LogP contribution in [0.5, 0.6) is 0 Å². The molecule has 1 N–H and O–H groups in total. The number of hydrogen-bond donors (Lipinski definition) is 1. The molecule has 0 atom stereocenters. The van der Waals surface area contributed by atoms with Gasteiger partial charge in [0.25, 0.3) is 0 Å². The number of hydrogen-bond acceptors (Lipinski definition) is 5. The quantitative estimate of drug-likeness (QED) is 0.213. The number of ether oxygens (including phenoxy) is 1. The monoisotopic (exact) mass is 171 g/mol. The molecule has 1 rings (SSSR count). The summed E-state index contributed by atoms with van der Waals surface area (Å²) in [6.45, 7) is 0. The van der Waals surface area contributed by atoms with Crippen LogP contribution in [0.1, 0.15) is 12.8 Å². The van der Waals surface area contributed by atoms with Gasteiger partial charge in [-0.05, 0) is 12.8 Å². The third-order valence-corrected chi connectivity index (χ3v) is 1.66. The van der Waals surface area contributed by atoms with Crippen LogP contribution < -0.4 is 0 Å². The average Bonchev–Trinajstić information content (AvgIpc) is 2.87. The minimum Gasteiger partial charge on any atom is -0.464 e. The lowest BCUT2D eigenvalue weighted by atomic mass is 10.2. The Balaban J connectivity index is 2.67. The molecule has 1 fully saturated rings. The average molecular weight is 171 g/mol. The molecule has 0 aromatic heterocycles. The highest BCUT2D eigenvalue weighted by atomic mass is 16.5. The molecule has 5 nitrogen and oxygen atoms in total. The Hall–Kier alpha value is -1.39. The zero-order valence-corrected chi connectivity index (χ0v) is 6.61. The Labute approximate surface area is 69.0 Å². The van der Waals surface area contributed by atoms with Gasteiger partial charge in [-0.1, -0.05) is 5.16 Å². The number of esters is 1. The molecule has 1 saturated carbocycles. The van der Waals surface area contributed by atoms with Crippen LogP contribution in [0.3, 0.4) is 0 Å². The number of rotatable bonds is 3. The Bertz CT molecular complexity index is 242. The minimum atomic E-state index is -0.880. The van der Waals surface area contributed by atoms with Crippen molar-refractivity contribution in [1.82, 2.24) is 0 Å². The molecule has 12 heavy (non-hydrogen) atoms. The van der Waals surface area contributed by atoms with E-state index in [-0.39, 0.29) is 5.92 Å². The molecule has 66 valence electrons. The molecule has 0 unspecified atom stereocenters. The van der Waals surface area contributed by atoms with E-state index in [0.29, 0.717) is 0 Å². The van der Waals surface area contributed by atoms with Crippen LogP contribution in [-0.2, 0) is 14.3 Å². The molecule has 1 aliphatic rings. The van der Waals surface area contributed by atoms with Crippen molar-refractivity contribution in [3.63, 3.8) is 0 Å². The van der Waals surface area contributed by atoms with E-state index in [0.717, 1.165) is 20.0 Å². The Morgan fingerprint density at radius 2 is 2.08 bits per heavy atom. The maximum atomic E-state index is 11.1. The first-order valence-corrected chi connectivity index (χ1v) is 3.55. The van der Waals surface area contributed by atoms with E-state index in [2.05, 4.69) is 9.89 Å². The van der Waals surface area contributed by atoms with Crippen LogP contribution in [-0.4, -0.2) is 29.8 Å². The summed E-state index contributed by atoms with van der Waals surface area (Å²) in [6, 6.07) is 0. The number of carbonyl (C=O) groups is 2. The predicted octanol–water partition coefficient (Wildman–Crippen LogP) is -0.0313. The summed E-state index contributed by atoms with van der Waals surface area (Å²) in [5.41, 5.74) is -0.500. The van der Waals surface area contributed by atoms with E-state index in [1.165, 1.54) is 0 Å². The molecule has 0 spiro atoms. The van der Waals surface area contributed by atoms with E-state index in [4.69, 9.17) is 5.21 Å². The van der Waals surface area contributed by atoms with Crippen molar-refractivity contribution in [1.29, 1.82) is 0 Å². The van der Waals surface area contributed by atoms with Crippen LogP contribution >= 0.6 is 0 Å². The highest BCUT2D eigenvalue weighted by Gasteiger charge is 2.36. The Morgan fingerprint density at radius 3 is 2.42 bits per heavy atom. The molecule has 0 radical (unpaired) electrons. The van der Waals surface area contributed by atoms with Crippen LogP contribution in [0.4, 0.5) is 0 Å². The second kappa shape index (κ2) is 3.34. The lowest BCUT2D eigenvalue weighted by Gasteiger charge is -1.98. The van der Waals surface area contributed by atoms with Crippen molar-refractivity contribution in [2.45, 2.75) is 12.8 Å². The zero-order valence-electron chi connectivity index (χ0n) is 6.61. The molecular weight excluding hydrogens is 162 g/mol. The van der Waals surface area contributed by atoms with Crippen molar-refractivity contribution in [2.75, 3.05) is 7.11 Å². The first-order chi connectivity index (χ1) is 5.70. The molecule has 0 aromatic rings. The molecule has 1 aliphatic carbocycles. The van der Waals surface area contributed by atoms with Gasteiger partial charge in [0.05, 0.1) is 7.11 Å². The standard InChI is InChI=1S/C7H9NO4/c1-12-7(10)5(8-11)6(9)4-2-3-4/h4,11H,2-3H2,1H3. The van der Waals surface area contributed by atoms with Gasteiger partial charge < -0.3 is 9.94 Å². The highest BCUT2D eigenvalue weighted by molar-refractivity contribution is 6.64. The van der Waals surface area contributed by atoms with Crippen molar-refractivity contribution < 1.29 is 19.5 Å². The summed E-state index contributed by atoms with van der Waals surface area (Å²) in [7, 11) is 1.13. The normalized spacial score (nSPS) is 17.2. The SMILES string of the molecule is COC(=O)C(=NO)C(=O)C1CC1. The summed E-state index contributed by atoms with van der Waals surface area (Å²) in [6.07, 6.45) is 1.52. The van der Waals surface area contributed by atoms with Crippen molar-refractivity contribution in [3.8, 4) is 0 Å². The number of nitrogens with zero attached hydrogens (tertiary/aromatic N) is 1. The van der Waals surface area contributed by atoms with E-state index in [1.54, 1.807) is 0 Å². The van der Waals surface area contributed by atoms with Crippen LogP contribution in [0.15, 0.2) is 5.16 Å². The van der Waals surface area contributed by atoms with Crippen molar-refractivity contribution in [2.24, 2.45) is 11.1 Å². The van der Waals surface area contributed by atoms with E-state index in [1.807, 2.05) is 0 Å². The molecule has 0 saturated heterocycles. The Morgan fingerprint density at radius 1 is 1.50 bits per heavy atom. The van der Waals surface area contributed by atoms with Gasteiger partial charge in [0.2, 0.25) is 5.71 Å². The lowest BCUT2D eigenvalue weighted by Crippen LogP contribution is -2.26. The summed E-state index contributed by atoms with van der Waals surface area (Å²) in [5, 5.41) is 11.0. The van der Waals surface area contributed by atoms with Gasteiger partial charge in [-0.15, -0.1) is 0 Å². The van der Waals surface area contributed by atoms with Crippen LogP contribution in [0.25, 0.3) is 0 Å². The van der Waals surface area contributed by atoms with Gasteiger partial charge in [0.15, 0.2) is 5.78 Å². The van der Waals surface area contributed by atoms with Gasteiger partial charge in [-0.2, -0.15) is 0 Å². The van der Waals surface area contributed by atoms with E-state index < -0.39 is 17.5 Å². The molecule has 0 aromatic carbocycles. The predicted molar refractivity (Wildman–Crippen MR) is 39.0 cm³/mol. The van der Waals surface area contributed by atoms with Gasteiger partial charge in [0, 0.05) is 5.92 Å². The number of Topliss-reactive ketones (excluding diaryl/α,β-unsaturated/α-hetero) is 1. The van der Waals surface area contributed by atoms with Gasteiger partial charge in [-0.25, -0.2) is 4.79 Å². The Kier molecular flexibility index (Phi) is 2.42. The first kappa shape index (κ1) is 8.70. The minimum absolute atomic E-state index is 0.144. The zero-order chi connectivity index (χ0) is 9.14. The molecular formula is C7H9NO4. The largest absolute Gasteiger partial charge is 0.464 e. The number of methoxy groups -OCH3 is 1. The maximum Gasteiger partial charge on any atom is 0.363 e. The number of carbonyl (C=O) groups excluding carboxylic acids is 2. The van der Waals surface area contributed by atoms with Crippen LogP contribution in [0, 0.1) is 5.92 Å². The number of oxime groups is 1. The third kappa shape index (κ3) is 1.61. The molecule has 0 bridgehead atoms. The molecule has 0 heterocycles. The fourth-order valence-electron chi connectivity index (χ4n) is 0.826. The molecule has 5 heteroatoms. The summed E-state index contributed by atoms with van der Waals surface area (Å²) >= 11 is 0. The van der Waals surface area contributed by atoms with Gasteiger partial charge in [-0.3, -0.25) is 4.79 Å². The summed E-state index contributed by atoms with van der Waals surface area (Å²) in [5.74, 6) is -1.45. The molecule has 0 amide bonds. The van der Waals surface area contributed by atoms with Crippen LogP contribution in [0.2, 0.25) is 0 Å². The fourth-order valence-corrected chi connectivity index (χ4v) is 0.826. The topological polar surface area (TPSA) is 76.0 Å². The third-order valence-electron chi connectivity index (χ3n) is 1.66. The summed E-state index contributed by atoms with van der Waals surface area (Å²) in [4.78, 5) is 21.9. The molecule has 0 aliphatic heterocycles. The lowest BCUT2D eigenvalue weighted by molar-refractivity contribution is -0.133. The summed E-state index contributed by atoms with van der Waals surface area (Å²) < 4.78 is 4.25. The van der Waals surface area contributed by atoms with Gasteiger partial charge in [0.1, 0.15) is 0 Å². The van der Waals surface area contributed by atoms with E-state index >= 15 is 0 Å². The number of ketones is 1. The van der Waals surface area contributed by atoms with E-state index in [9.17, 15) is 9.59 Å². The fraction of sp³-hybridized carbons (Fsp3) is 0.571. The maximum absolute atomic E-state index is 11.1. The second-order valence-electron chi connectivity index (χ2n) is 2.58. The highest BCUT2D eigenvalue weighted by Crippen LogP contribution is 2.30. The second-order valence-corrected chi connectivity index (χ2v) is 2.58. The van der Waals surface area contributed by atoms with Crippen molar-refractivity contribution >= 4 is 17.5 Å². The van der Waals surface area contributed by atoms with Gasteiger partial charge >= 0.3 is 5.97 Å². The van der Waals surface area contributed by atoms with Crippen molar-refractivity contribution in [3.05, 3.63) is 0 Å². The first-order valence-electron chi connectivity index (χ1n) is 3.55. The smallest absolute Gasteiger partial charge is 0.363 e.